The van der Waals surface area contributed by atoms with Crippen molar-refractivity contribution in [1.29, 1.82) is 0 Å². The third kappa shape index (κ3) is 4.14. The van der Waals surface area contributed by atoms with Crippen molar-refractivity contribution in [2.45, 2.75) is 44.8 Å². The summed E-state index contributed by atoms with van der Waals surface area (Å²) in [6.07, 6.45) is 2.93. The van der Waals surface area contributed by atoms with Gasteiger partial charge in [-0.1, -0.05) is 24.3 Å². The van der Waals surface area contributed by atoms with Crippen molar-refractivity contribution in [2.24, 2.45) is 0 Å². The molecule has 1 aromatic carbocycles. The van der Waals surface area contributed by atoms with Gasteiger partial charge in [0.15, 0.2) is 15.6 Å². The molecule has 1 atom stereocenters. The number of sulfone groups is 1. The van der Waals surface area contributed by atoms with E-state index in [0.29, 0.717) is 12.8 Å². The second kappa shape index (κ2) is 7.19. The Balaban J connectivity index is 2.01. The number of hydrogen-bond donors (Lipinski definition) is 0. The van der Waals surface area contributed by atoms with E-state index in [1.807, 2.05) is 0 Å². The average molecular weight is 365 g/mol. The Morgan fingerprint density at radius 3 is 2.21 bits per heavy atom. The maximum atomic E-state index is 11.9. The van der Waals surface area contributed by atoms with E-state index in [9.17, 15) is 13.2 Å². The number of benzene rings is 1. The predicted molar refractivity (Wildman–Crippen MR) is 101 cm³/mol. The lowest BCUT2D eigenvalue weighted by Crippen LogP contribution is -2.41. The van der Waals surface area contributed by atoms with Crippen LogP contribution < -0.4 is 0 Å². The highest BCUT2D eigenvalue weighted by Crippen LogP contribution is 2.29. The molecule has 0 aliphatic carbocycles. The number of carbonyl (C=O) groups is 1. The van der Waals surface area contributed by atoms with Crippen LogP contribution in [0.5, 0.6) is 0 Å². The Morgan fingerprint density at radius 2 is 1.75 bits per heavy atom. The minimum atomic E-state index is -3.41. The van der Waals surface area contributed by atoms with Gasteiger partial charge in [0.25, 0.3) is 0 Å². The number of Topliss-reactive ketones (excluding diaryl/α,β-unsaturated/α-hetero) is 1. The molecular weight excluding hydrogens is 340 g/mol. The van der Waals surface area contributed by atoms with Crippen molar-refractivity contribution in [2.75, 3.05) is 6.26 Å². The maximum Gasteiger partial charge on any atom is 0.159 e. The van der Waals surface area contributed by atoms with Gasteiger partial charge in [0.05, 0.1) is 0 Å². The monoisotopic (exact) mass is 364 g/mol. The van der Waals surface area contributed by atoms with Gasteiger partial charge >= 0.3 is 0 Å². The van der Waals surface area contributed by atoms with Crippen LogP contribution in [-0.4, -0.2) is 25.2 Å². The summed E-state index contributed by atoms with van der Waals surface area (Å²) in [5, 5.41) is 0. The molecule has 0 radical (unpaired) electrons. The van der Waals surface area contributed by atoms with E-state index in [2.05, 4.69) is 43.3 Å². The highest BCUT2D eigenvalue weighted by molar-refractivity contribution is 7.92. The van der Waals surface area contributed by atoms with Gasteiger partial charge in [0.2, 0.25) is 0 Å². The molecule has 0 N–H and O–H groups in total. The van der Waals surface area contributed by atoms with Crippen LogP contribution in [0.25, 0.3) is 10.4 Å². The minimum Gasteiger partial charge on any atom is -0.298 e. The van der Waals surface area contributed by atoms with Gasteiger partial charge in [-0.3, -0.25) is 4.79 Å². The zero-order chi connectivity index (χ0) is 18.0. The van der Waals surface area contributed by atoms with Crippen LogP contribution in [-0.2, 0) is 21.1 Å². The summed E-state index contributed by atoms with van der Waals surface area (Å²) in [4.78, 5) is 14.3. The summed E-state index contributed by atoms with van der Waals surface area (Å²) in [5.41, 5.74) is 2.35. The molecule has 2 rings (SSSR count). The first-order chi connectivity index (χ1) is 11.1. The van der Waals surface area contributed by atoms with Crippen molar-refractivity contribution in [3.8, 4) is 10.4 Å². The van der Waals surface area contributed by atoms with Crippen LogP contribution in [0.15, 0.2) is 36.4 Å². The zero-order valence-electron chi connectivity index (χ0n) is 14.6. The fourth-order valence-electron chi connectivity index (χ4n) is 2.68. The first-order valence-corrected chi connectivity index (χ1v) is 10.7. The molecule has 0 saturated heterocycles. The smallest absolute Gasteiger partial charge is 0.159 e. The molecule has 5 heteroatoms. The Bertz CT molecular complexity index is 817. The van der Waals surface area contributed by atoms with Gasteiger partial charge in [0, 0.05) is 16.0 Å². The first kappa shape index (κ1) is 18.9. The standard InChI is InChI=1S/C19H24O3S2/c1-14-7-12-18(23-14)17-10-8-16(9-11-17)6-5-13-19(3,15(2)20)24(4,21)22/h7-12H,5-6,13H2,1-4H3. The second-order valence-electron chi connectivity index (χ2n) is 6.52. The lowest BCUT2D eigenvalue weighted by atomic mass is 9.97. The lowest BCUT2D eigenvalue weighted by molar-refractivity contribution is -0.119. The predicted octanol–water partition coefficient (Wildman–Crippen LogP) is 4.44. The number of hydrogen-bond acceptors (Lipinski definition) is 4. The fourth-order valence-corrected chi connectivity index (χ4v) is 4.59. The average Bonchev–Trinajstić information content (AvgIpc) is 2.93. The fraction of sp³-hybridized carbons (Fsp3) is 0.421. The molecule has 1 unspecified atom stereocenters. The molecule has 130 valence electrons. The third-order valence-electron chi connectivity index (χ3n) is 4.66. The Labute approximate surface area is 148 Å². The number of carbonyl (C=O) groups excluding carboxylic acids is 1. The molecule has 0 aliphatic rings. The van der Waals surface area contributed by atoms with Crippen LogP contribution >= 0.6 is 11.3 Å². The maximum absolute atomic E-state index is 11.9. The molecule has 24 heavy (non-hydrogen) atoms. The van der Waals surface area contributed by atoms with Gasteiger partial charge in [0.1, 0.15) is 4.75 Å². The van der Waals surface area contributed by atoms with E-state index in [1.165, 1.54) is 29.2 Å². The summed E-state index contributed by atoms with van der Waals surface area (Å²) in [6, 6.07) is 12.6. The van der Waals surface area contributed by atoms with E-state index < -0.39 is 14.6 Å². The Hall–Kier alpha value is -1.46. The summed E-state index contributed by atoms with van der Waals surface area (Å²) in [5.74, 6) is -0.284. The number of rotatable bonds is 7. The number of ketones is 1. The highest BCUT2D eigenvalue weighted by atomic mass is 32.2. The van der Waals surface area contributed by atoms with Crippen molar-refractivity contribution in [1.82, 2.24) is 0 Å². The van der Waals surface area contributed by atoms with Crippen molar-refractivity contribution in [3.05, 3.63) is 46.8 Å². The van der Waals surface area contributed by atoms with Crippen LogP contribution in [0.3, 0.4) is 0 Å². The SMILES string of the molecule is CC(=O)C(C)(CCCc1ccc(-c2ccc(C)s2)cc1)S(C)(=O)=O. The Kier molecular flexibility index (Phi) is 5.66. The molecule has 0 bridgehead atoms. The molecule has 0 amide bonds. The zero-order valence-corrected chi connectivity index (χ0v) is 16.3. The topological polar surface area (TPSA) is 51.2 Å². The largest absolute Gasteiger partial charge is 0.298 e. The molecule has 0 saturated carbocycles. The van der Waals surface area contributed by atoms with Crippen LogP contribution in [0.4, 0.5) is 0 Å². The van der Waals surface area contributed by atoms with Crippen molar-refractivity contribution in [3.63, 3.8) is 0 Å². The van der Waals surface area contributed by atoms with Crippen LogP contribution in [0.2, 0.25) is 0 Å². The molecule has 0 spiro atoms. The lowest BCUT2D eigenvalue weighted by Gasteiger charge is -2.24. The van der Waals surface area contributed by atoms with E-state index in [0.717, 1.165) is 18.2 Å². The number of aryl methyl sites for hydroxylation is 2. The highest BCUT2D eigenvalue weighted by Gasteiger charge is 2.39. The van der Waals surface area contributed by atoms with E-state index in [1.54, 1.807) is 11.3 Å². The van der Waals surface area contributed by atoms with Crippen molar-refractivity contribution < 1.29 is 13.2 Å². The quantitative estimate of drug-likeness (QED) is 0.730. The Morgan fingerprint density at radius 1 is 1.12 bits per heavy atom. The van der Waals surface area contributed by atoms with Gasteiger partial charge < -0.3 is 0 Å². The summed E-state index contributed by atoms with van der Waals surface area (Å²) < 4.78 is 22.6. The van der Waals surface area contributed by atoms with Gasteiger partial charge in [-0.25, -0.2) is 8.42 Å². The molecule has 2 aromatic rings. The molecular formula is C19H24O3S2. The number of thiophene rings is 1. The van der Waals surface area contributed by atoms with Gasteiger partial charge in [-0.2, -0.15) is 0 Å². The second-order valence-corrected chi connectivity index (χ2v) is 10.3. The van der Waals surface area contributed by atoms with Crippen LogP contribution in [0.1, 0.15) is 37.1 Å². The van der Waals surface area contributed by atoms with Crippen molar-refractivity contribution >= 4 is 27.0 Å². The summed E-state index contributed by atoms with van der Waals surface area (Å²) in [7, 11) is -3.41. The van der Waals surface area contributed by atoms with E-state index in [4.69, 9.17) is 0 Å². The van der Waals surface area contributed by atoms with E-state index in [-0.39, 0.29) is 5.78 Å². The summed E-state index contributed by atoms with van der Waals surface area (Å²) in [6.45, 7) is 4.99. The molecule has 1 aromatic heterocycles. The minimum absolute atomic E-state index is 0.284. The van der Waals surface area contributed by atoms with Crippen LogP contribution in [0, 0.1) is 6.92 Å². The van der Waals surface area contributed by atoms with Gasteiger partial charge in [-0.15, -0.1) is 11.3 Å². The summed E-state index contributed by atoms with van der Waals surface area (Å²) >= 11 is 1.77. The molecule has 0 aliphatic heterocycles. The first-order valence-electron chi connectivity index (χ1n) is 8.00. The molecule has 3 nitrogen and oxygen atoms in total. The van der Waals surface area contributed by atoms with E-state index >= 15 is 0 Å². The molecule has 0 fully saturated rings. The normalized spacial score (nSPS) is 14.3. The third-order valence-corrected chi connectivity index (χ3v) is 7.84. The molecule has 1 heterocycles. The van der Waals surface area contributed by atoms with Gasteiger partial charge in [-0.05, 0) is 63.3 Å².